The van der Waals surface area contributed by atoms with Gasteiger partial charge in [0.15, 0.2) is 0 Å². The molecule has 0 atom stereocenters. The normalized spacial score (nSPS) is 10.6. The summed E-state index contributed by atoms with van der Waals surface area (Å²) in [6, 6.07) is 6.05. The topological polar surface area (TPSA) is 91.0 Å². The molecule has 0 bridgehead atoms. The fourth-order valence-corrected chi connectivity index (χ4v) is 2.07. The number of benzene rings is 1. The first-order valence-electron chi connectivity index (χ1n) is 5.93. The second-order valence-corrected chi connectivity index (χ2v) is 4.96. The largest absolute Gasteiger partial charge is 0.428 e. The van der Waals surface area contributed by atoms with Gasteiger partial charge < -0.3 is 14.9 Å². The molecule has 0 aliphatic heterocycles. The van der Waals surface area contributed by atoms with Crippen molar-refractivity contribution in [2.45, 2.75) is 0 Å². The summed E-state index contributed by atoms with van der Waals surface area (Å²) in [5.74, 6) is -0.346. The summed E-state index contributed by atoms with van der Waals surface area (Å²) in [4.78, 5) is 22.2. The molecule has 0 radical (unpaired) electrons. The van der Waals surface area contributed by atoms with Gasteiger partial charge in [-0.05, 0) is 34.2 Å². The molecule has 0 saturated heterocycles. The number of fused-ring (bicyclic) bond motifs is 1. The molecular formula is C13H6Cl2N4O3. The molecule has 22 heavy (non-hydrogen) atoms. The third-order valence-electron chi connectivity index (χ3n) is 2.70. The van der Waals surface area contributed by atoms with E-state index in [-0.39, 0.29) is 11.6 Å². The number of rotatable bonds is 3. The van der Waals surface area contributed by atoms with Crippen molar-refractivity contribution in [1.82, 2.24) is 15.0 Å². The highest BCUT2D eigenvalue weighted by molar-refractivity contribution is 6.42. The lowest BCUT2D eigenvalue weighted by molar-refractivity contribution is -0.390. The number of nitrogens with zero attached hydrogens (tertiary/aromatic N) is 4. The maximum Gasteiger partial charge on any atom is 0.406 e. The van der Waals surface area contributed by atoms with E-state index < -0.39 is 10.7 Å². The Hall–Kier alpha value is -2.51. The average molecular weight is 337 g/mol. The Morgan fingerprint density at radius 1 is 1.14 bits per heavy atom. The van der Waals surface area contributed by atoms with Crippen LogP contribution < -0.4 is 4.74 Å². The van der Waals surface area contributed by atoms with E-state index in [9.17, 15) is 10.1 Å². The Balaban J connectivity index is 2.01. The Morgan fingerprint density at radius 2 is 1.86 bits per heavy atom. The van der Waals surface area contributed by atoms with Crippen molar-refractivity contribution in [2.24, 2.45) is 0 Å². The minimum absolute atomic E-state index is 0.0267. The molecule has 3 aromatic rings. The van der Waals surface area contributed by atoms with Crippen LogP contribution in [0, 0.1) is 10.1 Å². The lowest BCUT2D eigenvalue weighted by Gasteiger charge is -2.06. The summed E-state index contributed by atoms with van der Waals surface area (Å²) in [5.41, 5.74) is 0.987. The molecule has 0 saturated carbocycles. The van der Waals surface area contributed by atoms with Crippen LogP contribution >= 0.6 is 23.2 Å². The predicted molar refractivity (Wildman–Crippen MR) is 80.5 cm³/mol. The number of pyridine rings is 1. The third-order valence-corrected chi connectivity index (χ3v) is 3.42. The zero-order valence-electron chi connectivity index (χ0n) is 10.7. The molecule has 0 spiro atoms. The Kier molecular flexibility index (Phi) is 3.74. The van der Waals surface area contributed by atoms with Crippen LogP contribution in [0.5, 0.6) is 11.6 Å². The maximum absolute atomic E-state index is 10.9. The van der Waals surface area contributed by atoms with E-state index in [1.54, 1.807) is 6.07 Å². The first-order chi connectivity index (χ1) is 10.5. The van der Waals surface area contributed by atoms with Crippen molar-refractivity contribution < 1.29 is 9.66 Å². The highest BCUT2D eigenvalue weighted by Crippen LogP contribution is 2.30. The standard InChI is InChI=1S/C13H6Cl2N4O3/c14-7-4-9-10(5-8(7)15)18-12(6-17-9)22-11-2-1-3-16-13(11)19(20)21/h1-6H. The van der Waals surface area contributed by atoms with E-state index in [1.165, 1.54) is 30.6 Å². The number of halogens is 2. The Morgan fingerprint density at radius 3 is 2.59 bits per heavy atom. The summed E-state index contributed by atoms with van der Waals surface area (Å²) in [7, 11) is 0. The number of ether oxygens (including phenoxy) is 1. The second-order valence-electron chi connectivity index (χ2n) is 4.15. The minimum Gasteiger partial charge on any atom is -0.428 e. The van der Waals surface area contributed by atoms with Gasteiger partial charge in [0.1, 0.15) is 6.20 Å². The van der Waals surface area contributed by atoms with Crippen molar-refractivity contribution in [3.05, 3.63) is 56.8 Å². The SMILES string of the molecule is O=[N+]([O-])c1ncccc1Oc1cnc2cc(Cl)c(Cl)cc2n1. The van der Waals surface area contributed by atoms with E-state index in [0.717, 1.165) is 0 Å². The second kappa shape index (κ2) is 5.70. The van der Waals surface area contributed by atoms with Crippen LogP contribution in [0.2, 0.25) is 10.0 Å². The highest BCUT2D eigenvalue weighted by atomic mass is 35.5. The molecule has 0 aliphatic rings. The van der Waals surface area contributed by atoms with Gasteiger partial charge in [-0.2, -0.15) is 0 Å². The molecule has 110 valence electrons. The van der Waals surface area contributed by atoms with Gasteiger partial charge in [0, 0.05) is 0 Å². The maximum atomic E-state index is 10.9. The van der Waals surface area contributed by atoms with Crippen LogP contribution in [-0.2, 0) is 0 Å². The van der Waals surface area contributed by atoms with Gasteiger partial charge in [0.05, 0.1) is 27.3 Å². The van der Waals surface area contributed by atoms with Gasteiger partial charge in [0.25, 0.3) is 0 Å². The average Bonchev–Trinajstić information content (AvgIpc) is 2.49. The molecule has 7 nitrogen and oxygen atoms in total. The van der Waals surface area contributed by atoms with Gasteiger partial charge in [-0.25, -0.2) is 9.97 Å². The minimum atomic E-state index is -0.638. The van der Waals surface area contributed by atoms with Crippen LogP contribution in [0.15, 0.2) is 36.7 Å². The predicted octanol–water partition coefficient (Wildman–Crippen LogP) is 4.03. The first-order valence-corrected chi connectivity index (χ1v) is 6.69. The van der Waals surface area contributed by atoms with Crippen LogP contribution in [0.4, 0.5) is 5.82 Å². The molecule has 3 rings (SSSR count). The first kappa shape index (κ1) is 14.4. The number of hydrogen-bond acceptors (Lipinski definition) is 6. The molecule has 0 unspecified atom stereocenters. The van der Waals surface area contributed by atoms with E-state index >= 15 is 0 Å². The summed E-state index contributed by atoms with van der Waals surface area (Å²) in [6.45, 7) is 0. The lowest BCUT2D eigenvalue weighted by atomic mass is 10.3. The summed E-state index contributed by atoms with van der Waals surface area (Å²) >= 11 is 11.8. The molecule has 2 heterocycles. The zero-order valence-corrected chi connectivity index (χ0v) is 12.2. The van der Waals surface area contributed by atoms with E-state index in [4.69, 9.17) is 27.9 Å². The van der Waals surface area contributed by atoms with Crippen LogP contribution in [0.3, 0.4) is 0 Å². The van der Waals surface area contributed by atoms with Crippen molar-refractivity contribution in [3.63, 3.8) is 0 Å². The molecule has 1 aromatic carbocycles. The van der Waals surface area contributed by atoms with Crippen molar-refractivity contribution in [2.75, 3.05) is 0 Å². The van der Waals surface area contributed by atoms with Gasteiger partial charge in [-0.15, -0.1) is 0 Å². The van der Waals surface area contributed by atoms with Crippen molar-refractivity contribution in [1.29, 1.82) is 0 Å². The van der Waals surface area contributed by atoms with Crippen LogP contribution in [0.1, 0.15) is 0 Å². The van der Waals surface area contributed by atoms with E-state index in [2.05, 4.69) is 15.0 Å². The summed E-state index contributed by atoms with van der Waals surface area (Å²) < 4.78 is 5.40. The smallest absolute Gasteiger partial charge is 0.406 e. The third kappa shape index (κ3) is 2.76. The Bertz CT molecular complexity index is 888. The van der Waals surface area contributed by atoms with Gasteiger partial charge >= 0.3 is 5.82 Å². The Labute approximate surface area is 133 Å². The van der Waals surface area contributed by atoms with Crippen LogP contribution in [-0.4, -0.2) is 19.9 Å². The summed E-state index contributed by atoms with van der Waals surface area (Å²) in [6.07, 6.45) is 2.64. The van der Waals surface area contributed by atoms with Gasteiger partial charge in [-0.1, -0.05) is 23.2 Å². The zero-order chi connectivity index (χ0) is 15.7. The van der Waals surface area contributed by atoms with Crippen molar-refractivity contribution >= 4 is 40.1 Å². The fourth-order valence-electron chi connectivity index (χ4n) is 1.75. The highest BCUT2D eigenvalue weighted by Gasteiger charge is 2.17. The molecule has 0 fully saturated rings. The van der Waals surface area contributed by atoms with Crippen LogP contribution in [0.25, 0.3) is 11.0 Å². The molecule has 0 amide bonds. The summed E-state index contributed by atoms with van der Waals surface area (Å²) in [5, 5.41) is 11.6. The quantitative estimate of drug-likeness (QED) is 0.529. The van der Waals surface area contributed by atoms with Gasteiger partial charge in [0.2, 0.25) is 11.6 Å². The molecule has 2 aromatic heterocycles. The monoisotopic (exact) mass is 336 g/mol. The van der Waals surface area contributed by atoms with E-state index in [0.29, 0.717) is 21.1 Å². The molecule has 0 N–H and O–H groups in total. The molecular weight excluding hydrogens is 331 g/mol. The fraction of sp³-hybridized carbons (Fsp3) is 0. The number of nitro groups is 1. The molecule has 0 aliphatic carbocycles. The number of aromatic nitrogens is 3. The molecule has 9 heteroatoms. The van der Waals surface area contributed by atoms with E-state index in [1.807, 2.05) is 0 Å². The number of hydrogen-bond donors (Lipinski definition) is 0. The van der Waals surface area contributed by atoms with Crippen molar-refractivity contribution in [3.8, 4) is 11.6 Å². The lowest BCUT2D eigenvalue weighted by Crippen LogP contribution is -1.97. The van der Waals surface area contributed by atoms with Gasteiger partial charge in [-0.3, -0.25) is 0 Å².